The van der Waals surface area contributed by atoms with Crippen LogP contribution in [0.5, 0.6) is 5.75 Å². The van der Waals surface area contributed by atoms with E-state index in [-0.39, 0.29) is 18.6 Å². The van der Waals surface area contributed by atoms with Gasteiger partial charge in [0.25, 0.3) is 5.91 Å². The van der Waals surface area contributed by atoms with Crippen molar-refractivity contribution in [2.24, 2.45) is 0 Å². The molecule has 2 aromatic rings. The number of benzene rings is 1. The van der Waals surface area contributed by atoms with Crippen LogP contribution in [-0.2, 0) is 0 Å². The van der Waals surface area contributed by atoms with Crippen molar-refractivity contribution >= 4 is 5.91 Å². The van der Waals surface area contributed by atoms with Gasteiger partial charge in [0.2, 0.25) is 0 Å². The highest BCUT2D eigenvalue weighted by Crippen LogP contribution is 2.20. The number of ether oxygens (including phenoxy) is 1. The molecule has 0 aliphatic carbocycles. The SMILES string of the molecule is CC(C)Oc1cccc(C(O)CNC(=O)c2ccc[nH]2)c1. The molecule has 0 saturated heterocycles. The summed E-state index contributed by atoms with van der Waals surface area (Å²) >= 11 is 0. The van der Waals surface area contributed by atoms with Crippen LogP contribution in [-0.4, -0.2) is 28.6 Å². The van der Waals surface area contributed by atoms with Gasteiger partial charge < -0.3 is 20.1 Å². The van der Waals surface area contributed by atoms with Gasteiger partial charge in [-0.3, -0.25) is 4.79 Å². The molecular formula is C16H20N2O3. The summed E-state index contributed by atoms with van der Waals surface area (Å²) in [6, 6.07) is 10.7. The van der Waals surface area contributed by atoms with Crippen LogP contribution < -0.4 is 10.1 Å². The molecular weight excluding hydrogens is 268 g/mol. The van der Waals surface area contributed by atoms with Gasteiger partial charge >= 0.3 is 0 Å². The molecule has 21 heavy (non-hydrogen) atoms. The van der Waals surface area contributed by atoms with Crippen molar-refractivity contribution in [3.63, 3.8) is 0 Å². The Hall–Kier alpha value is -2.27. The maximum Gasteiger partial charge on any atom is 0.267 e. The molecule has 0 aliphatic rings. The molecule has 3 N–H and O–H groups in total. The summed E-state index contributed by atoms with van der Waals surface area (Å²) in [7, 11) is 0. The second kappa shape index (κ2) is 6.95. The minimum Gasteiger partial charge on any atom is -0.491 e. The first kappa shape index (κ1) is 15.1. The lowest BCUT2D eigenvalue weighted by Gasteiger charge is -2.15. The lowest BCUT2D eigenvalue weighted by molar-refractivity contribution is 0.0912. The summed E-state index contributed by atoms with van der Waals surface area (Å²) in [5.41, 5.74) is 1.18. The van der Waals surface area contributed by atoms with Crippen LogP contribution in [0.15, 0.2) is 42.6 Å². The summed E-state index contributed by atoms with van der Waals surface area (Å²) in [5, 5.41) is 12.8. The van der Waals surface area contributed by atoms with Crippen molar-refractivity contribution in [2.45, 2.75) is 26.1 Å². The molecule has 1 aromatic heterocycles. The lowest BCUT2D eigenvalue weighted by atomic mass is 10.1. The van der Waals surface area contributed by atoms with Gasteiger partial charge in [0.05, 0.1) is 12.2 Å². The highest BCUT2D eigenvalue weighted by molar-refractivity contribution is 5.92. The quantitative estimate of drug-likeness (QED) is 0.763. The number of carbonyl (C=O) groups is 1. The third-order valence-electron chi connectivity index (χ3n) is 2.91. The molecule has 5 nitrogen and oxygen atoms in total. The molecule has 1 atom stereocenters. The first-order valence-electron chi connectivity index (χ1n) is 6.92. The van der Waals surface area contributed by atoms with Crippen molar-refractivity contribution in [3.8, 4) is 5.75 Å². The Morgan fingerprint density at radius 3 is 2.81 bits per heavy atom. The average molecular weight is 288 g/mol. The molecule has 2 rings (SSSR count). The van der Waals surface area contributed by atoms with E-state index in [4.69, 9.17) is 4.74 Å². The number of H-pyrrole nitrogens is 1. The number of amides is 1. The van der Waals surface area contributed by atoms with E-state index >= 15 is 0 Å². The average Bonchev–Trinajstić information content (AvgIpc) is 2.98. The van der Waals surface area contributed by atoms with Crippen molar-refractivity contribution in [3.05, 3.63) is 53.9 Å². The number of hydrogen-bond acceptors (Lipinski definition) is 3. The molecule has 0 aliphatic heterocycles. The summed E-state index contributed by atoms with van der Waals surface area (Å²) < 4.78 is 5.59. The highest BCUT2D eigenvalue weighted by Gasteiger charge is 2.12. The van der Waals surface area contributed by atoms with E-state index < -0.39 is 6.10 Å². The van der Waals surface area contributed by atoms with Gasteiger partial charge in [0.1, 0.15) is 11.4 Å². The Morgan fingerprint density at radius 2 is 2.14 bits per heavy atom. The fourth-order valence-electron chi connectivity index (χ4n) is 1.94. The normalized spacial score (nSPS) is 12.2. The molecule has 5 heteroatoms. The predicted octanol–water partition coefficient (Wildman–Crippen LogP) is 2.27. The number of aliphatic hydroxyl groups excluding tert-OH is 1. The number of aromatic amines is 1. The number of rotatable bonds is 6. The monoisotopic (exact) mass is 288 g/mol. The molecule has 1 heterocycles. The van der Waals surface area contributed by atoms with E-state index in [1.165, 1.54) is 0 Å². The minimum atomic E-state index is -0.778. The Morgan fingerprint density at radius 1 is 1.33 bits per heavy atom. The standard InChI is InChI=1S/C16H20N2O3/c1-11(2)21-13-6-3-5-12(9-13)15(19)10-18-16(20)14-7-4-8-17-14/h3-9,11,15,17,19H,10H2,1-2H3,(H,18,20). The van der Waals surface area contributed by atoms with Crippen LogP contribution in [0.1, 0.15) is 36.0 Å². The van der Waals surface area contributed by atoms with Crippen molar-refractivity contribution in [2.75, 3.05) is 6.54 Å². The van der Waals surface area contributed by atoms with Crippen molar-refractivity contribution in [1.29, 1.82) is 0 Å². The Kier molecular flexibility index (Phi) is 5.00. The second-order valence-electron chi connectivity index (χ2n) is 5.05. The zero-order valence-corrected chi connectivity index (χ0v) is 12.2. The first-order chi connectivity index (χ1) is 10.1. The molecule has 0 bridgehead atoms. The molecule has 0 radical (unpaired) electrons. The largest absolute Gasteiger partial charge is 0.491 e. The van der Waals surface area contributed by atoms with Crippen molar-refractivity contribution < 1.29 is 14.6 Å². The molecule has 1 aromatic carbocycles. The van der Waals surface area contributed by atoms with Crippen LogP contribution in [0, 0.1) is 0 Å². The molecule has 0 spiro atoms. The zero-order valence-electron chi connectivity index (χ0n) is 12.2. The summed E-state index contributed by atoms with van der Waals surface area (Å²) in [6.07, 6.45) is 0.975. The molecule has 0 saturated carbocycles. The van der Waals surface area contributed by atoms with Crippen molar-refractivity contribution in [1.82, 2.24) is 10.3 Å². The maximum absolute atomic E-state index is 11.8. The van der Waals surface area contributed by atoms with Gasteiger partial charge in [-0.05, 0) is 43.7 Å². The number of nitrogens with one attached hydrogen (secondary N) is 2. The number of aromatic nitrogens is 1. The highest BCUT2D eigenvalue weighted by atomic mass is 16.5. The first-order valence-corrected chi connectivity index (χ1v) is 6.92. The summed E-state index contributed by atoms with van der Waals surface area (Å²) in [4.78, 5) is 14.6. The van der Waals surface area contributed by atoms with Crippen LogP contribution >= 0.6 is 0 Å². The van der Waals surface area contributed by atoms with Gasteiger partial charge in [-0.2, -0.15) is 0 Å². The topological polar surface area (TPSA) is 74.3 Å². The van der Waals surface area contributed by atoms with E-state index in [1.54, 1.807) is 30.5 Å². The zero-order chi connectivity index (χ0) is 15.2. The van der Waals surface area contributed by atoms with Crippen LogP contribution in [0.3, 0.4) is 0 Å². The van der Waals surface area contributed by atoms with Gasteiger partial charge in [0, 0.05) is 12.7 Å². The van der Waals surface area contributed by atoms with E-state index in [1.807, 2.05) is 26.0 Å². The summed E-state index contributed by atoms with van der Waals surface area (Å²) in [5.74, 6) is 0.464. The molecule has 0 fully saturated rings. The van der Waals surface area contributed by atoms with Gasteiger partial charge in [0.15, 0.2) is 0 Å². The Bertz CT molecular complexity index is 579. The van der Waals surface area contributed by atoms with Crippen LogP contribution in [0.25, 0.3) is 0 Å². The fraction of sp³-hybridized carbons (Fsp3) is 0.312. The van der Waals surface area contributed by atoms with Gasteiger partial charge in [-0.15, -0.1) is 0 Å². The number of aliphatic hydroxyl groups is 1. The number of carbonyl (C=O) groups excluding carboxylic acids is 1. The second-order valence-corrected chi connectivity index (χ2v) is 5.05. The number of hydrogen-bond donors (Lipinski definition) is 3. The molecule has 1 amide bonds. The molecule has 1 unspecified atom stereocenters. The smallest absolute Gasteiger partial charge is 0.267 e. The van der Waals surface area contributed by atoms with E-state index in [0.717, 1.165) is 0 Å². The summed E-state index contributed by atoms with van der Waals surface area (Å²) in [6.45, 7) is 4.03. The Balaban J connectivity index is 1.94. The van der Waals surface area contributed by atoms with E-state index in [2.05, 4.69) is 10.3 Å². The van der Waals surface area contributed by atoms with E-state index in [0.29, 0.717) is 17.0 Å². The van der Waals surface area contributed by atoms with Crippen LogP contribution in [0.4, 0.5) is 0 Å². The maximum atomic E-state index is 11.8. The fourth-order valence-corrected chi connectivity index (χ4v) is 1.94. The Labute approximate surface area is 124 Å². The minimum absolute atomic E-state index is 0.0740. The molecule has 112 valence electrons. The van der Waals surface area contributed by atoms with Gasteiger partial charge in [-0.1, -0.05) is 12.1 Å². The van der Waals surface area contributed by atoms with E-state index in [9.17, 15) is 9.90 Å². The predicted molar refractivity (Wildman–Crippen MR) is 80.3 cm³/mol. The van der Waals surface area contributed by atoms with Crippen LogP contribution in [0.2, 0.25) is 0 Å². The lowest BCUT2D eigenvalue weighted by Crippen LogP contribution is -2.28. The van der Waals surface area contributed by atoms with Gasteiger partial charge in [-0.25, -0.2) is 0 Å². The third-order valence-corrected chi connectivity index (χ3v) is 2.91. The third kappa shape index (κ3) is 4.36.